The highest BCUT2D eigenvalue weighted by Crippen LogP contribution is 2.28. The number of carbonyl (C=O) groups is 1. The lowest BCUT2D eigenvalue weighted by molar-refractivity contribution is -0.115. The van der Waals surface area contributed by atoms with Crippen LogP contribution in [0.3, 0.4) is 0 Å². The molecule has 7 heteroatoms. The standard InChI is InChI=1S/C17H14Cl2FN3O/c1-10(13-6-16(20)15(19)7-14(13)18)22-9-17(24)23-12-4-2-3-11(5-12)8-21/h2-7,10,22H,9H2,1H3,(H,23,24)/t10-/m1/s1. The molecular formula is C17H14Cl2FN3O. The van der Waals surface area contributed by atoms with Gasteiger partial charge in [-0.05, 0) is 42.8 Å². The number of rotatable bonds is 5. The minimum Gasteiger partial charge on any atom is -0.325 e. The number of benzene rings is 2. The molecule has 2 rings (SSSR count). The maximum absolute atomic E-state index is 13.6. The van der Waals surface area contributed by atoms with Crippen molar-refractivity contribution in [2.24, 2.45) is 0 Å². The molecule has 2 aromatic carbocycles. The summed E-state index contributed by atoms with van der Waals surface area (Å²) in [5, 5.41) is 14.8. The molecule has 0 spiro atoms. The first kappa shape index (κ1) is 18.2. The van der Waals surface area contributed by atoms with E-state index in [1.165, 1.54) is 12.1 Å². The minimum absolute atomic E-state index is 0.00147. The molecule has 0 aliphatic heterocycles. The van der Waals surface area contributed by atoms with Crippen LogP contribution < -0.4 is 10.6 Å². The maximum Gasteiger partial charge on any atom is 0.238 e. The summed E-state index contributed by atoms with van der Waals surface area (Å²) in [6, 6.07) is 10.8. The Hall–Kier alpha value is -2.13. The second-order valence-corrected chi connectivity index (χ2v) is 5.95. The van der Waals surface area contributed by atoms with Crippen molar-refractivity contribution < 1.29 is 9.18 Å². The van der Waals surface area contributed by atoms with E-state index < -0.39 is 5.82 Å². The lowest BCUT2D eigenvalue weighted by Crippen LogP contribution is -2.30. The van der Waals surface area contributed by atoms with Gasteiger partial charge >= 0.3 is 0 Å². The number of hydrogen-bond donors (Lipinski definition) is 2. The van der Waals surface area contributed by atoms with Crippen LogP contribution in [0.2, 0.25) is 10.0 Å². The van der Waals surface area contributed by atoms with Gasteiger partial charge < -0.3 is 10.6 Å². The largest absolute Gasteiger partial charge is 0.325 e. The van der Waals surface area contributed by atoms with E-state index in [1.54, 1.807) is 31.2 Å². The summed E-state index contributed by atoms with van der Waals surface area (Å²) in [7, 11) is 0. The van der Waals surface area contributed by atoms with Gasteiger partial charge in [-0.1, -0.05) is 29.3 Å². The third-order valence-electron chi connectivity index (χ3n) is 3.35. The summed E-state index contributed by atoms with van der Waals surface area (Å²) in [5.74, 6) is -0.856. The van der Waals surface area contributed by atoms with Crippen molar-refractivity contribution in [2.75, 3.05) is 11.9 Å². The van der Waals surface area contributed by atoms with E-state index in [2.05, 4.69) is 10.6 Å². The minimum atomic E-state index is -0.567. The molecule has 0 aliphatic carbocycles. The van der Waals surface area contributed by atoms with Crippen molar-refractivity contribution in [3.63, 3.8) is 0 Å². The highest BCUT2D eigenvalue weighted by atomic mass is 35.5. The third kappa shape index (κ3) is 4.68. The number of amides is 1. The van der Waals surface area contributed by atoms with Crippen LogP contribution in [0.1, 0.15) is 24.1 Å². The second-order valence-electron chi connectivity index (χ2n) is 5.13. The fourth-order valence-electron chi connectivity index (χ4n) is 2.10. The fraction of sp³-hybridized carbons (Fsp3) is 0.176. The highest BCUT2D eigenvalue weighted by molar-refractivity contribution is 6.35. The number of carbonyl (C=O) groups excluding carboxylic acids is 1. The first-order valence-electron chi connectivity index (χ1n) is 7.08. The van der Waals surface area contributed by atoms with Gasteiger partial charge in [-0.2, -0.15) is 5.26 Å². The molecule has 0 fully saturated rings. The molecule has 0 aromatic heterocycles. The number of nitrogens with zero attached hydrogens (tertiary/aromatic N) is 1. The van der Waals surface area contributed by atoms with Crippen molar-refractivity contribution in [3.05, 3.63) is 63.4 Å². The molecule has 0 saturated carbocycles. The Balaban J connectivity index is 1.96. The SMILES string of the molecule is C[C@@H](NCC(=O)Nc1cccc(C#N)c1)c1cc(F)c(Cl)cc1Cl. The maximum atomic E-state index is 13.6. The van der Waals surface area contributed by atoms with Crippen LogP contribution in [0.4, 0.5) is 10.1 Å². The number of halogens is 3. The summed E-state index contributed by atoms with van der Waals surface area (Å²) in [6.07, 6.45) is 0. The van der Waals surface area contributed by atoms with Gasteiger partial charge in [0.15, 0.2) is 0 Å². The van der Waals surface area contributed by atoms with Crippen molar-refractivity contribution in [1.29, 1.82) is 5.26 Å². The first-order valence-corrected chi connectivity index (χ1v) is 7.84. The van der Waals surface area contributed by atoms with Crippen molar-refractivity contribution in [2.45, 2.75) is 13.0 Å². The molecule has 1 amide bonds. The quantitative estimate of drug-likeness (QED) is 0.776. The molecule has 2 aromatic rings. The smallest absolute Gasteiger partial charge is 0.238 e. The zero-order valence-electron chi connectivity index (χ0n) is 12.7. The Morgan fingerprint density at radius 2 is 2.04 bits per heavy atom. The van der Waals surface area contributed by atoms with Crippen LogP contribution >= 0.6 is 23.2 Å². The van der Waals surface area contributed by atoms with Crippen molar-refractivity contribution in [3.8, 4) is 6.07 Å². The van der Waals surface area contributed by atoms with Gasteiger partial charge in [0, 0.05) is 16.8 Å². The zero-order chi connectivity index (χ0) is 17.7. The Labute approximate surface area is 149 Å². The molecule has 0 radical (unpaired) electrons. The Morgan fingerprint density at radius 3 is 2.75 bits per heavy atom. The predicted octanol–water partition coefficient (Wildman–Crippen LogP) is 4.29. The van der Waals surface area contributed by atoms with E-state index in [0.29, 0.717) is 21.8 Å². The van der Waals surface area contributed by atoms with Crippen LogP contribution in [0.15, 0.2) is 36.4 Å². The molecule has 1 atom stereocenters. The third-order valence-corrected chi connectivity index (χ3v) is 3.97. The van der Waals surface area contributed by atoms with E-state index in [-0.39, 0.29) is 23.5 Å². The lowest BCUT2D eigenvalue weighted by Gasteiger charge is -2.16. The predicted molar refractivity (Wildman–Crippen MR) is 92.6 cm³/mol. The average molecular weight is 366 g/mol. The molecule has 0 saturated heterocycles. The van der Waals surface area contributed by atoms with E-state index >= 15 is 0 Å². The number of nitriles is 1. The summed E-state index contributed by atoms with van der Waals surface area (Å²) >= 11 is 11.7. The highest BCUT2D eigenvalue weighted by Gasteiger charge is 2.14. The summed E-state index contributed by atoms with van der Waals surface area (Å²) in [4.78, 5) is 12.0. The molecule has 4 nitrogen and oxygen atoms in total. The molecule has 0 heterocycles. The van der Waals surface area contributed by atoms with Gasteiger partial charge in [0.25, 0.3) is 0 Å². The summed E-state index contributed by atoms with van der Waals surface area (Å²) in [6.45, 7) is 1.76. The topological polar surface area (TPSA) is 64.9 Å². The summed E-state index contributed by atoms with van der Waals surface area (Å²) < 4.78 is 13.6. The van der Waals surface area contributed by atoms with E-state index in [4.69, 9.17) is 28.5 Å². The Kier molecular flexibility index (Phi) is 6.16. The van der Waals surface area contributed by atoms with Crippen LogP contribution in [0, 0.1) is 17.1 Å². The van der Waals surface area contributed by atoms with E-state index in [1.807, 2.05) is 6.07 Å². The van der Waals surface area contributed by atoms with Crippen LogP contribution in [-0.2, 0) is 4.79 Å². The van der Waals surface area contributed by atoms with Crippen LogP contribution in [0.5, 0.6) is 0 Å². The number of nitrogens with one attached hydrogen (secondary N) is 2. The Bertz CT molecular complexity index is 805. The molecule has 2 N–H and O–H groups in total. The van der Waals surface area contributed by atoms with E-state index in [0.717, 1.165) is 0 Å². The first-order chi connectivity index (χ1) is 11.4. The number of anilines is 1. The second kappa shape index (κ2) is 8.11. The van der Waals surface area contributed by atoms with Gasteiger partial charge in [0.1, 0.15) is 5.82 Å². The molecular weight excluding hydrogens is 352 g/mol. The zero-order valence-corrected chi connectivity index (χ0v) is 14.2. The van der Waals surface area contributed by atoms with Gasteiger partial charge in [-0.25, -0.2) is 4.39 Å². The van der Waals surface area contributed by atoms with Crippen molar-refractivity contribution >= 4 is 34.8 Å². The normalized spacial score (nSPS) is 11.6. The van der Waals surface area contributed by atoms with Gasteiger partial charge in [0.05, 0.1) is 23.2 Å². The molecule has 124 valence electrons. The molecule has 0 aliphatic rings. The Morgan fingerprint density at radius 1 is 1.29 bits per heavy atom. The fourth-order valence-corrected chi connectivity index (χ4v) is 2.64. The van der Waals surface area contributed by atoms with Gasteiger partial charge in [-0.15, -0.1) is 0 Å². The van der Waals surface area contributed by atoms with Gasteiger partial charge in [-0.3, -0.25) is 4.79 Å². The summed E-state index contributed by atoms with van der Waals surface area (Å²) in [5.41, 5.74) is 1.50. The molecule has 0 unspecified atom stereocenters. The molecule has 24 heavy (non-hydrogen) atoms. The van der Waals surface area contributed by atoms with Gasteiger partial charge in [0.2, 0.25) is 5.91 Å². The lowest BCUT2D eigenvalue weighted by atomic mass is 10.1. The molecule has 0 bridgehead atoms. The monoisotopic (exact) mass is 365 g/mol. The number of hydrogen-bond acceptors (Lipinski definition) is 3. The van der Waals surface area contributed by atoms with Crippen molar-refractivity contribution in [1.82, 2.24) is 5.32 Å². The average Bonchev–Trinajstić information content (AvgIpc) is 2.56. The van der Waals surface area contributed by atoms with Crippen LogP contribution in [-0.4, -0.2) is 12.5 Å². The van der Waals surface area contributed by atoms with E-state index in [9.17, 15) is 9.18 Å². The van der Waals surface area contributed by atoms with Crippen LogP contribution in [0.25, 0.3) is 0 Å².